The Bertz CT molecular complexity index is 654. The van der Waals surface area contributed by atoms with Gasteiger partial charge >= 0.3 is 12.2 Å². The van der Waals surface area contributed by atoms with E-state index in [0.29, 0.717) is 24.2 Å². The van der Waals surface area contributed by atoms with Gasteiger partial charge in [-0.05, 0) is 36.1 Å². The maximum absolute atomic E-state index is 11.4. The van der Waals surface area contributed by atoms with Crippen LogP contribution in [0.15, 0.2) is 48.5 Å². The molecule has 0 aromatic heterocycles. The number of aryl methyl sites for hydroxylation is 2. The van der Waals surface area contributed by atoms with Crippen molar-refractivity contribution in [2.24, 2.45) is 0 Å². The molecular formula is C18H20N2O4. The predicted molar refractivity (Wildman–Crippen MR) is 92.3 cm³/mol. The Morgan fingerprint density at radius 2 is 1.12 bits per heavy atom. The molecule has 0 radical (unpaired) electrons. The highest BCUT2D eigenvalue weighted by atomic mass is 16.5. The van der Waals surface area contributed by atoms with Gasteiger partial charge in [0.15, 0.2) is 0 Å². The van der Waals surface area contributed by atoms with Gasteiger partial charge < -0.3 is 9.47 Å². The fourth-order valence-corrected chi connectivity index (χ4v) is 2.31. The van der Waals surface area contributed by atoms with Crippen molar-refractivity contribution in [3.8, 4) is 0 Å². The SMILES string of the molecule is COC(=O)Nc1ccccc1CCc1ccccc1NC(=O)OC. The molecule has 0 saturated heterocycles. The highest BCUT2D eigenvalue weighted by molar-refractivity contribution is 5.86. The highest BCUT2D eigenvalue weighted by Crippen LogP contribution is 2.21. The molecule has 2 aromatic carbocycles. The maximum atomic E-state index is 11.4. The number of benzene rings is 2. The van der Waals surface area contributed by atoms with E-state index in [1.54, 1.807) is 0 Å². The summed E-state index contributed by atoms with van der Waals surface area (Å²) < 4.78 is 9.27. The number of methoxy groups -OCH3 is 2. The third-order valence-corrected chi connectivity index (χ3v) is 3.54. The van der Waals surface area contributed by atoms with Gasteiger partial charge in [-0.3, -0.25) is 10.6 Å². The number of hydrogen-bond acceptors (Lipinski definition) is 4. The summed E-state index contributed by atoms with van der Waals surface area (Å²) >= 11 is 0. The summed E-state index contributed by atoms with van der Waals surface area (Å²) in [6.45, 7) is 0. The van der Waals surface area contributed by atoms with Crippen molar-refractivity contribution in [3.63, 3.8) is 0 Å². The van der Waals surface area contributed by atoms with Gasteiger partial charge in [0, 0.05) is 11.4 Å². The molecule has 0 unspecified atom stereocenters. The minimum atomic E-state index is -0.504. The molecule has 0 aliphatic rings. The van der Waals surface area contributed by atoms with Crippen LogP contribution in [0.1, 0.15) is 11.1 Å². The highest BCUT2D eigenvalue weighted by Gasteiger charge is 2.09. The zero-order valence-corrected chi connectivity index (χ0v) is 13.7. The second kappa shape index (κ2) is 8.57. The fraction of sp³-hybridized carbons (Fsp3) is 0.222. The third kappa shape index (κ3) is 4.74. The molecular weight excluding hydrogens is 308 g/mol. The summed E-state index contributed by atoms with van der Waals surface area (Å²) in [6.07, 6.45) is 0.380. The van der Waals surface area contributed by atoms with E-state index in [0.717, 1.165) is 11.1 Å². The van der Waals surface area contributed by atoms with Crippen LogP contribution < -0.4 is 10.6 Å². The van der Waals surface area contributed by atoms with Gasteiger partial charge in [0.1, 0.15) is 0 Å². The second-order valence-corrected chi connectivity index (χ2v) is 5.05. The summed E-state index contributed by atoms with van der Waals surface area (Å²) in [7, 11) is 2.65. The molecule has 2 aromatic rings. The quantitative estimate of drug-likeness (QED) is 0.874. The van der Waals surface area contributed by atoms with Gasteiger partial charge in [-0.15, -0.1) is 0 Å². The number of para-hydroxylation sites is 2. The van der Waals surface area contributed by atoms with Crippen molar-refractivity contribution in [1.82, 2.24) is 0 Å². The van der Waals surface area contributed by atoms with Crippen molar-refractivity contribution < 1.29 is 19.1 Å². The number of carbonyl (C=O) groups is 2. The molecule has 0 saturated carbocycles. The van der Waals surface area contributed by atoms with E-state index >= 15 is 0 Å². The van der Waals surface area contributed by atoms with E-state index in [1.807, 2.05) is 48.5 Å². The van der Waals surface area contributed by atoms with Crippen molar-refractivity contribution in [2.75, 3.05) is 24.9 Å². The Balaban J connectivity index is 2.11. The number of amides is 2. The first kappa shape index (κ1) is 17.3. The van der Waals surface area contributed by atoms with Crippen molar-refractivity contribution >= 4 is 23.6 Å². The Labute approximate surface area is 140 Å². The van der Waals surface area contributed by atoms with Crippen LogP contribution in [0, 0.1) is 0 Å². The van der Waals surface area contributed by atoms with Gasteiger partial charge in [0.05, 0.1) is 14.2 Å². The summed E-state index contributed by atoms with van der Waals surface area (Å²) in [5, 5.41) is 5.40. The largest absolute Gasteiger partial charge is 0.453 e. The molecule has 6 heteroatoms. The zero-order valence-electron chi connectivity index (χ0n) is 13.7. The summed E-state index contributed by atoms with van der Waals surface area (Å²) in [6, 6.07) is 15.1. The molecule has 6 nitrogen and oxygen atoms in total. The predicted octanol–water partition coefficient (Wildman–Crippen LogP) is 3.83. The van der Waals surface area contributed by atoms with E-state index in [1.165, 1.54) is 14.2 Å². The van der Waals surface area contributed by atoms with Crippen LogP contribution in [0.5, 0.6) is 0 Å². The minimum Gasteiger partial charge on any atom is -0.453 e. The summed E-state index contributed by atoms with van der Waals surface area (Å²) in [5.41, 5.74) is 3.39. The van der Waals surface area contributed by atoms with Crippen molar-refractivity contribution in [2.45, 2.75) is 12.8 Å². The minimum absolute atomic E-state index is 0.504. The third-order valence-electron chi connectivity index (χ3n) is 3.54. The maximum Gasteiger partial charge on any atom is 0.411 e. The lowest BCUT2D eigenvalue weighted by molar-refractivity contribution is 0.186. The van der Waals surface area contributed by atoms with Gasteiger partial charge in [-0.1, -0.05) is 36.4 Å². The van der Waals surface area contributed by atoms with Crippen LogP contribution in [0.3, 0.4) is 0 Å². The number of ether oxygens (including phenoxy) is 2. The number of carbonyl (C=O) groups excluding carboxylic acids is 2. The molecule has 0 aliphatic heterocycles. The molecule has 24 heavy (non-hydrogen) atoms. The van der Waals surface area contributed by atoms with Gasteiger partial charge in [-0.2, -0.15) is 0 Å². The van der Waals surface area contributed by atoms with Gasteiger partial charge in [0.25, 0.3) is 0 Å². The lowest BCUT2D eigenvalue weighted by atomic mass is 10.0. The van der Waals surface area contributed by atoms with Crippen molar-refractivity contribution in [3.05, 3.63) is 59.7 Å². The smallest absolute Gasteiger partial charge is 0.411 e. The zero-order chi connectivity index (χ0) is 17.4. The van der Waals surface area contributed by atoms with Crippen LogP contribution in [-0.2, 0) is 22.3 Å². The van der Waals surface area contributed by atoms with Gasteiger partial charge in [-0.25, -0.2) is 9.59 Å². The second-order valence-electron chi connectivity index (χ2n) is 5.05. The summed E-state index contributed by atoms with van der Waals surface area (Å²) in [5.74, 6) is 0. The Kier molecular flexibility index (Phi) is 6.19. The molecule has 0 aliphatic carbocycles. The van der Waals surface area contributed by atoms with Crippen molar-refractivity contribution in [1.29, 1.82) is 0 Å². The first-order valence-corrected chi connectivity index (χ1v) is 7.49. The average molecular weight is 328 g/mol. The number of rotatable bonds is 5. The Morgan fingerprint density at radius 3 is 1.50 bits per heavy atom. The summed E-state index contributed by atoms with van der Waals surface area (Å²) in [4.78, 5) is 22.8. The molecule has 2 amide bonds. The van der Waals surface area contributed by atoms with E-state index in [2.05, 4.69) is 20.1 Å². The van der Waals surface area contributed by atoms with E-state index in [4.69, 9.17) is 0 Å². The number of anilines is 2. The van der Waals surface area contributed by atoms with E-state index < -0.39 is 12.2 Å². The number of hydrogen-bond donors (Lipinski definition) is 2. The van der Waals surface area contributed by atoms with Crippen LogP contribution in [0.4, 0.5) is 21.0 Å². The van der Waals surface area contributed by atoms with E-state index in [-0.39, 0.29) is 0 Å². The molecule has 0 spiro atoms. The normalized spacial score (nSPS) is 9.92. The molecule has 0 atom stereocenters. The van der Waals surface area contributed by atoms with Crippen LogP contribution >= 0.6 is 0 Å². The first-order valence-electron chi connectivity index (χ1n) is 7.49. The van der Waals surface area contributed by atoms with Crippen LogP contribution in [-0.4, -0.2) is 26.4 Å². The number of nitrogens with one attached hydrogen (secondary N) is 2. The van der Waals surface area contributed by atoms with E-state index in [9.17, 15) is 9.59 Å². The lowest BCUT2D eigenvalue weighted by Gasteiger charge is -2.13. The van der Waals surface area contributed by atoms with Crippen LogP contribution in [0.2, 0.25) is 0 Å². The van der Waals surface area contributed by atoms with Crippen LogP contribution in [0.25, 0.3) is 0 Å². The lowest BCUT2D eigenvalue weighted by Crippen LogP contribution is -2.14. The molecule has 0 fully saturated rings. The molecule has 0 bridgehead atoms. The fourth-order valence-electron chi connectivity index (χ4n) is 2.31. The topological polar surface area (TPSA) is 76.7 Å². The molecule has 2 rings (SSSR count). The average Bonchev–Trinajstić information content (AvgIpc) is 2.61. The monoisotopic (exact) mass is 328 g/mol. The first-order chi connectivity index (χ1) is 11.6. The standard InChI is InChI=1S/C18H20N2O4/c1-23-17(21)19-15-9-5-3-7-13(15)11-12-14-8-4-6-10-16(14)20-18(22)24-2/h3-10H,11-12H2,1-2H3,(H,19,21)(H,20,22). The Hall–Kier alpha value is -3.02. The van der Waals surface area contributed by atoms with Gasteiger partial charge in [0.2, 0.25) is 0 Å². The molecule has 126 valence electrons. The molecule has 2 N–H and O–H groups in total. The Morgan fingerprint density at radius 1 is 0.750 bits per heavy atom. The molecule has 0 heterocycles.